The highest BCUT2D eigenvalue weighted by atomic mass is 32.2. The molecule has 0 radical (unpaired) electrons. The molecular weight excluding hydrogens is 366 g/mol. The van der Waals surface area contributed by atoms with Crippen LogP contribution < -0.4 is 9.62 Å². The number of likely N-dealkylation sites (N-methyl/N-ethyl adjacent to an activating group) is 1. The van der Waals surface area contributed by atoms with E-state index in [0.717, 1.165) is 24.1 Å². The Labute approximate surface area is 160 Å². The second-order valence-corrected chi connectivity index (χ2v) is 8.68. The lowest BCUT2D eigenvalue weighted by Gasteiger charge is -2.29. The van der Waals surface area contributed by atoms with Gasteiger partial charge in [-0.2, -0.15) is 0 Å². The summed E-state index contributed by atoms with van der Waals surface area (Å²) in [7, 11) is 0.0706. The number of fused-ring (bicyclic) bond motifs is 1. The van der Waals surface area contributed by atoms with Crippen molar-refractivity contribution in [3.63, 3.8) is 0 Å². The lowest BCUT2D eigenvalue weighted by Crippen LogP contribution is -2.35. The van der Waals surface area contributed by atoms with Crippen LogP contribution in [0.3, 0.4) is 0 Å². The molecule has 146 valence electrons. The third-order valence-corrected chi connectivity index (χ3v) is 6.24. The van der Waals surface area contributed by atoms with Crippen molar-refractivity contribution in [2.24, 2.45) is 0 Å². The zero-order valence-electron chi connectivity index (χ0n) is 15.8. The number of anilines is 1. The smallest absolute Gasteiger partial charge is 0.240 e. The van der Waals surface area contributed by atoms with Crippen LogP contribution in [0.25, 0.3) is 0 Å². The minimum Gasteiger partial charge on any atom is -0.468 e. The molecule has 0 aliphatic carbocycles. The van der Waals surface area contributed by atoms with Crippen molar-refractivity contribution in [2.75, 3.05) is 32.1 Å². The third kappa shape index (κ3) is 4.23. The summed E-state index contributed by atoms with van der Waals surface area (Å²) in [5.41, 5.74) is 1.68. The number of aryl methyl sites for hydroxylation is 1. The van der Waals surface area contributed by atoms with E-state index in [1.807, 2.05) is 25.1 Å². The minimum atomic E-state index is -3.67. The normalized spacial score (nSPS) is 15.6. The van der Waals surface area contributed by atoms with Crippen LogP contribution >= 0.6 is 0 Å². The van der Waals surface area contributed by atoms with E-state index in [2.05, 4.69) is 4.72 Å². The molecule has 0 fully saturated rings. The molecule has 3 rings (SSSR count). The number of amides is 1. The highest BCUT2D eigenvalue weighted by molar-refractivity contribution is 7.89. The Morgan fingerprint density at radius 2 is 2.11 bits per heavy atom. The van der Waals surface area contributed by atoms with Gasteiger partial charge in [0.1, 0.15) is 5.76 Å². The fraction of sp³-hybridized carbons (Fsp3) is 0.421. The van der Waals surface area contributed by atoms with Crippen LogP contribution in [0.5, 0.6) is 0 Å². The summed E-state index contributed by atoms with van der Waals surface area (Å²) in [6, 6.07) is 8.35. The van der Waals surface area contributed by atoms with Gasteiger partial charge in [-0.05, 0) is 62.8 Å². The van der Waals surface area contributed by atoms with E-state index < -0.39 is 10.0 Å². The van der Waals surface area contributed by atoms with Crippen LogP contribution in [0.1, 0.15) is 30.7 Å². The highest BCUT2D eigenvalue weighted by Gasteiger charge is 2.25. The Morgan fingerprint density at radius 1 is 1.33 bits per heavy atom. The van der Waals surface area contributed by atoms with Gasteiger partial charge in [0, 0.05) is 25.7 Å². The first kappa shape index (κ1) is 19.6. The molecule has 8 heteroatoms. The van der Waals surface area contributed by atoms with Crippen molar-refractivity contribution in [3.8, 4) is 0 Å². The first-order chi connectivity index (χ1) is 12.8. The van der Waals surface area contributed by atoms with Gasteiger partial charge in [-0.1, -0.05) is 0 Å². The van der Waals surface area contributed by atoms with Gasteiger partial charge < -0.3 is 9.32 Å². The molecule has 0 spiro atoms. The Kier molecular flexibility index (Phi) is 5.69. The maximum absolute atomic E-state index is 12.8. The zero-order valence-corrected chi connectivity index (χ0v) is 16.6. The minimum absolute atomic E-state index is 0.0306. The summed E-state index contributed by atoms with van der Waals surface area (Å²) in [5.74, 6) is 0.669. The molecule has 7 nitrogen and oxygen atoms in total. The molecule has 2 heterocycles. The quantitative estimate of drug-likeness (QED) is 0.816. The van der Waals surface area contributed by atoms with Crippen molar-refractivity contribution >= 4 is 21.6 Å². The van der Waals surface area contributed by atoms with Crippen molar-refractivity contribution < 1.29 is 17.6 Å². The lowest BCUT2D eigenvalue weighted by atomic mass is 10.0. The highest BCUT2D eigenvalue weighted by Crippen LogP contribution is 2.29. The fourth-order valence-electron chi connectivity index (χ4n) is 3.36. The van der Waals surface area contributed by atoms with Gasteiger partial charge in [-0.15, -0.1) is 0 Å². The predicted octanol–water partition coefficient (Wildman–Crippen LogP) is 2.16. The molecule has 1 unspecified atom stereocenters. The second-order valence-electron chi connectivity index (χ2n) is 6.91. The zero-order chi connectivity index (χ0) is 19.6. The number of carbonyl (C=O) groups is 1. The van der Waals surface area contributed by atoms with Crippen LogP contribution in [0.2, 0.25) is 0 Å². The molecule has 1 aromatic carbocycles. The Bertz CT molecular complexity index is 907. The number of nitrogens with zero attached hydrogens (tertiary/aromatic N) is 2. The summed E-state index contributed by atoms with van der Waals surface area (Å²) >= 11 is 0. The number of nitrogens with one attached hydrogen (secondary N) is 1. The Hall–Kier alpha value is -2.16. The van der Waals surface area contributed by atoms with Crippen LogP contribution in [0.15, 0.2) is 45.9 Å². The van der Waals surface area contributed by atoms with Gasteiger partial charge in [-0.3, -0.25) is 9.69 Å². The first-order valence-electron chi connectivity index (χ1n) is 8.90. The molecule has 1 aromatic heterocycles. The summed E-state index contributed by atoms with van der Waals surface area (Å²) in [4.78, 5) is 15.6. The Morgan fingerprint density at radius 3 is 2.74 bits per heavy atom. The van der Waals surface area contributed by atoms with E-state index in [0.29, 0.717) is 12.3 Å². The molecular formula is C19H25N3O4S. The molecule has 0 saturated carbocycles. The molecule has 0 bridgehead atoms. The number of benzene rings is 1. The van der Waals surface area contributed by atoms with Crippen molar-refractivity contribution in [3.05, 3.63) is 47.9 Å². The summed E-state index contributed by atoms with van der Waals surface area (Å²) in [6.07, 6.45) is 3.16. The molecule has 1 aliphatic rings. The summed E-state index contributed by atoms with van der Waals surface area (Å²) < 4.78 is 33.7. The number of furan rings is 1. The van der Waals surface area contributed by atoms with Gasteiger partial charge >= 0.3 is 0 Å². The molecule has 1 aliphatic heterocycles. The monoisotopic (exact) mass is 391 g/mol. The molecule has 0 saturated heterocycles. The van der Waals surface area contributed by atoms with E-state index in [1.165, 1.54) is 6.92 Å². The first-order valence-corrected chi connectivity index (χ1v) is 10.4. The molecule has 27 heavy (non-hydrogen) atoms. The van der Waals surface area contributed by atoms with Gasteiger partial charge in [0.25, 0.3) is 0 Å². The van der Waals surface area contributed by atoms with Crippen LogP contribution in [-0.4, -0.2) is 46.4 Å². The van der Waals surface area contributed by atoms with E-state index >= 15 is 0 Å². The van der Waals surface area contributed by atoms with Crippen molar-refractivity contribution in [1.29, 1.82) is 0 Å². The molecule has 2 aromatic rings. The van der Waals surface area contributed by atoms with Crippen LogP contribution in [0.4, 0.5) is 5.69 Å². The van der Waals surface area contributed by atoms with Gasteiger partial charge in [-0.25, -0.2) is 13.1 Å². The van der Waals surface area contributed by atoms with Crippen LogP contribution in [-0.2, 0) is 21.2 Å². The average Bonchev–Trinajstić information content (AvgIpc) is 3.14. The maximum Gasteiger partial charge on any atom is 0.240 e. The number of rotatable bonds is 6. The number of hydrogen-bond donors (Lipinski definition) is 1. The second kappa shape index (κ2) is 7.84. The third-order valence-electron chi connectivity index (χ3n) is 4.82. The summed E-state index contributed by atoms with van der Waals surface area (Å²) in [5, 5.41) is 0. The number of sulfonamides is 1. The SMILES string of the molecule is CC(=O)N1CCCc2cc(S(=O)(=O)NCC(c3ccco3)N(C)C)ccc21. The summed E-state index contributed by atoms with van der Waals surface area (Å²) in [6.45, 7) is 2.39. The van der Waals surface area contributed by atoms with E-state index in [4.69, 9.17) is 4.42 Å². The lowest BCUT2D eigenvalue weighted by molar-refractivity contribution is -0.116. The van der Waals surface area contributed by atoms with E-state index in [9.17, 15) is 13.2 Å². The average molecular weight is 391 g/mol. The molecule has 1 N–H and O–H groups in total. The predicted molar refractivity (Wildman–Crippen MR) is 103 cm³/mol. The van der Waals surface area contributed by atoms with Crippen molar-refractivity contribution in [2.45, 2.75) is 30.7 Å². The van der Waals surface area contributed by atoms with E-state index in [1.54, 1.807) is 35.4 Å². The maximum atomic E-state index is 12.8. The Balaban J connectivity index is 1.80. The number of carbonyl (C=O) groups excluding carboxylic acids is 1. The standard InChI is InChI=1S/C19H25N3O4S/c1-14(23)22-10-4-6-15-12-16(8-9-17(15)22)27(24,25)20-13-18(21(2)3)19-7-5-11-26-19/h5,7-9,11-12,18,20H,4,6,10,13H2,1-3H3. The van der Waals surface area contributed by atoms with Crippen molar-refractivity contribution in [1.82, 2.24) is 9.62 Å². The molecule has 1 atom stereocenters. The largest absolute Gasteiger partial charge is 0.468 e. The number of hydrogen-bond acceptors (Lipinski definition) is 5. The van der Waals surface area contributed by atoms with Crippen LogP contribution in [0, 0.1) is 0 Å². The molecule has 1 amide bonds. The fourth-order valence-corrected chi connectivity index (χ4v) is 4.45. The van der Waals surface area contributed by atoms with Gasteiger partial charge in [0.05, 0.1) is 17.2 Å². The van der Waals surface area contributed by atoms with E-state index in [-0.39, 0.29) is 23.4 Å². The topological polar surface area (TPSA) is 82.9 Å². The van der Waals surface area contributed by atoms with Gasteiger partial charge in [0.15, 0.2) is 0 Å². The van der Waals surface area contributed by atoms with Gasteiger partial charge in [0.2, 0.25) is 15.9 Å².